The summed E-state index contributed by atoms with van der Waals surface area (Å²) in [5, 5.41) is 8.19. The van der Waals surface area contributed by atoms with Crippen molar-refractivity contribution in [3.63, 3.8) is 0 Å². The first kappa shape index (κ1) is 26.2. The van der Waals surface area contributed by atoms with Gasteiger partial charge in [0.25, 0.3) is 5.91 Å². The lowest BCUT2D eigenvalue weighted by molar-refractivity contribution is -0.137. The van der Waals surface area contributed by atoms with Gasteiger partial charge in [-0.1, -0.05) is 26.0 Å². The van der Waals surface area contributed by atoms with Gasteiger partial charge in [0.2, 0.25) is 17.7 Å². The smallest absolute Gasteiger partial charge is 0.255 e. The Labute approximate surface area is 195 Å². The van der Waals surface area contributed by atoms with Crippen LogP contribution in [0.3, 0.4) is 0 Å². The third-order valence-corrected chi connectivity index (χ3v) is 5.23. The first-order valence-electron chi connectivity index (χ1n) is 11.5. The number of nitrogens with zero attached hydrogens (tertiary/aromatic N) is 1. The van der Waals surface area contributed by atoms with Gasteiger partial charge in [-0.2, -0.15) is 0 Å². The molecule has 0 radical (unpaired) electrons. The van der Waals surface area contributed by atoms with Gasteiger partial charge >= 0.3 is 0 Å². The molecule has 0 spiro atoms. The number of hydrogen-bond donors (Lipinski definition) is 3. The van der Waals surface area contributed by atoms with Crippen LogP contribution in [-0.2, 0) is 14.4 Å². The SMILES string of the molecule is CCN1CCOc2ccccc2C(=O)N[C@H](C(=O)NC(C)C)CC(=O)N[C@@H](CC(C)C)C1=O. The summed E-state index contributed by atoms with van der Waals surface area (Å²) in [7, 11) is 0. The van der Waals surface area contributed by atoms with Gasteiger partial charge in [-0.15, -0.1) is 0 Å². The van der Waals surface area contributed by atoms with Crippen LogP contribution >= 0.6 is 0 Å². The van der Waals surface area contributed by atoms with E-state index in [1.807, 2.05) is 20.8 Å². The van der Waals surface area contributed by atoms with Crippen LogP contribution < -0.4 is 20.7 Å². The Kier molecular flexibility index (Phi) is 9.69. The first-order chi connectivity index (χ1) is 15.6. The maximum atomic E-state index is 13.2. The van der Waals surface area contributed by atoms with Gasteiger partial charge < -0.3 is 25.6 Å². The molecule has 9 nitrogen and oxygen atoms in total. The zero-order valence-electron chi connectivity index (χ0n) is 20.1. The number of likely N-dealkylation sites (N-methyl/N-ethyl adjacent to an activating group) is 1. The standard InChI is InChI=1S/C24H36N4O5/c1-6-28-11-12-33-20-10-8-7-9-17(20)22(30)27-18(23(31)25-16(4)5)14-21(29)26-19(24(28)32)13-15(2)3/h7-10,15-16,18-19H,6,11-14H2,1-5H3,(H,25,31)(H,26,29)(H,27,30)/t18-,19-/m0/s1. The molecule has 0 aliphatic carbocycles. The molecule has 1 aliphatic rings. The Hall–Kier alpha value is -3.10. The molecular weight excluding hydrogens is 424 g/mol. The lowest BCUT2D eigenvalue weighted by atomic mass is 10.0. The molecule has 0 fully saturated rings. The van der Waals surface area contributed by atoms with E-state index in [2.05, 4.69) is 16.0 Å². The van der Waals surface area contributed by atoms with Crippen molar-refractivity contribution < 1.29 is 23.9 Å². The van der Waals surface area contributed by atoms with Crippen LogP contribution in [-0.4, -0.2) is 66.4 Å². The number of nitrogens with one attached hydrogen (secondary N) is 3. The normalized spacial score (nSPS) is 20.5. The number of rotatable bonds is 5. The lowest BCUT2D eigenvalue weighted by Gasteiger charge is -2.29. The number of carbonyl (C=O) groups excluding carboxylic acids is 4. The fourth-order valence-electron chi connectivity index (χ4n) is 3.65. The Balaban J connectivity index is 2.41. The third-order valence-electron chi connectivity index (χ3n) is 5.23. The van der Waals surface area contributed by atoms with Crippen molar-refractivity contribution in [1.82, 2.24) is 20.9 Å². The number of benzene rings is 1. The van der Waals surface area contributed by atoms with Crippen LogP contribution in [0.1, 0.15) is 57.8 Å². The molecule has 2 atom stereocenters. The molecule has 33 heavy (non-hydrogen) atoms. The predicted molar refractivity (Wildman–Crippen MR) is 125 cm³/mol. The molecule has 3 N–H and O–H groups in total. The minimum Gasteiger partial charge on any atom is -0.491 e. The van der Waals surface area contributed by atoms with E-state index in [0.29, 0.717) is 25.3 Å². The molecule has 2 rings (SSSR count). The molecule has 1 aromatic carbocycles. The van der Waals surface area contributed by atoms with E-state index in [1.54, 1.807) is 43.0 Å². The third kappa shape index (κ3) is 7.76. The number of amides is 4. The number of hydrogen-bond acceptors (Lipinski definition) is 5. The summed E-state index contributed by atoms with van der Waals surface area (Å²) in [4.78, 5) is 53.5. The largest absolute Gasteiger partial charge is 0.491 e. The quantitative estimate of drug-likeness (QED) is 0.615. The van der Waals surface area contributed by atoms with Gasteiger partial charge in [0.1, 0.15) is 24.4 Å². The summed E-state index contributed by atoms with van der Waals surface area (Å²) in [6.07, 6.45) is 0.168. The Morgan fingerprint density at radius 1 is 1.15 bits per heavy atom. The first-order valence-corrected chi connectivity index (χ1v) is 11.5. The lowest BCUT2D eigenvalue weighted by Crippen LogP contribution is -2.54. The topological polar surface area (TPSA) is 117 Å². The van der Waals surface area contributed by atoms with E-state index in [-0.39, 0.29) is 36.5 Å². The minimum atomic E-state index is -1.10. The second kappa shape index (κ2) is 12.2. The van der Waals surface area contributed by atoms with Gasteiger partial charge in [-0.25, -0.2) is 0 Å². The Bertz CT molecular complexity index is 855. The van der Waals surface area contributed by atoms with E-state index in [4.69, 9.17) is 4.74 Å². The maximum Gasteiger partial charge on any atom is 0.255 e. The van der Waals surface area contributed by atoms with E-state index in [9.17, 15) is 19.2 Å². The monoisotopic (exact) mass is 460 g/mol. The number of para-hydroxylation sites is 1. The molecule has 0 aromatic heterocycles. The molecule has 0 unspecified atom stereocenters. The zero-order chi connectivity index (χ0) is 24.5. The minimum absolute atomic E-state index is 0.166. The van der Waals surface area contributed by atoms with Gasteiger partial charge in [-0.3, -0.25) is 19.2 Å². The average molecular weight is 461 g/mol. The van der Waals surface area contributed by atoms with Crippen molar-refractivity contribution in [2.24, 2.45) is 5.92 Å². The maximum absolute atomic E-state index is 13.2. The molecule has 1 aromatic rings. The van der Waals surface area contributed by atoms with Gasteiger partial charge in [-0.05, 0) is 45.2 Å². The summed E-state index contributed by atoms with van der Waals surface area (Å²) < 4.78 is 5.84. The molecule has 0 saturated heterocycles. The van der Waals surface area contributed by atoms with Crippen molar-refractivity contribution in [3.8, 4) is 5.75 Å². The average Bonchev–Trinajstić information content (AvgIpc) is 2.74. The fraction of sp³-hybridized carbons (Fsp3) is 0.583. The van der Waals surface area contributed by atoms with Crippen LogP contribution in [0.5, 0.6) is 5.75 Å². The van der Waals surface area contributed by atoms with Crippen LogP contribution in [0.15, 0.2) is 24.3 Å². The highest BCUT2D eigenvalue weighted by molar-refractivity contribution is 6.01. The van der Waals surface area contributed by atoms with Crippen molar-refractivity contribution >= 4 is 23.6 Å². The van der Waals surface area contributed by atoms with Crippen LogP contribution in [0.2, 0.25) is 0 Å². The van der Waals surface area contributed by atoms with Gasteiger partial charge in [0.15, 0.2) is 0 Å². The highest BCUT2D eigenvalue weighted by Crippen LogP contribution is 2.19. The fourth-order valence-corrected chi connectivity index (χ4v) is 3.65. The van der Waals surface area contributed by atoms with Crippen LogP contribution in [0.4, 0.5) is 0 Å². The predicted octanol–water partition coefficient (Wildman–Crippen LogP) is 1.47. The summed E-state index contributed by atoms with van der Waals surface area (Å²) in [5.74, 6) is -1.14. The molecule has 1 aliphatic heterocycles. The van der Waals surface area contributed by atoms with E-state index >= 15 is 0 Å². The summed E-state index contributed by atoms with van der Waals surface area (Å²) in [6, 6.07) is 4.69. The highest BCUT2D eigenvalue weighted by atomic mass is 16.5. The van der Waals surface area contributed by atoms with Crippen LogP contribution in [0.25, 0.3) is 0 Å². The molecule has 1 heterocycles. The highest BCUT2D eigenvalue weighted by Gasteiger charge is 2.30. The number of carbonyl (C=O) groups is 4. The van der Waals surface area contributed by atoms with Crippen molar-refractivity contribution in [1.29, 1.82) is 0 Å². The molecule has 0 saturated carbocycles. The summed E-state index contributed by atoms with van der Waals surface area (Å²) in [5.41, 5.74) is 0.254. The van der Waals surface area contributed by atoms with E-state index in [0.717, 1.165) is 0 Å². The van der Waals surface area contributed by atoms with Gasteiger partial charge in [0, 0.05) is 12.6 Å². The molecule has 4 amide bonds. The van der Waals surface area contributed by atoms with Crippen molar-refractivity contribution in [3.05, 3.63) is 29.8 Å². The molecule has 0 bridgehead atoms. The summed E-state index contributed by atoms with van der Waals surface area (Å²) >= 11 is 0. The molecule has 182 valence electrons. The number of fused-ring (bicyclic) bond motifs is 1. The molecule has 9 heteroatoms. The van der Waals surface area contributed by atoms with E-state index < -0.39 is 29.8 Å². The second-order valence-electron chi connectivity index (χ2n) is 8.91. The Morgan fingerprint density at radius 2 is 1.85 bits per heavy atom. The number of ether oxygens (including phenoxy) is 1. The second-order valence-corrected chi connectivity index (χ2v) is 8.91. The zero-order valence-corrected chi connectivity index (χ0v) is 20.1. The Morgan fingerprint density at radius 3 is 2.48 bits per heavy atom. The van der Waals surface area contributed by atoms with Crippen molar-refractivity contribution in [2.75, 3.05) is 19.7 Å². The summed E-state index contributed by atoms with van der Waals surface area (Å²) in [6.45, 7) is 10.3. The van der Waals surface area contributed by atoms with Crippen LogP contribution in [0, 0.1) is 5.92 Å². The molecular formula is C24H36N4O5. The van der Waals surface area contributed by atoms with Gasteiger partial charge in [0.05, 0.1) is 18.5 Å². The van der Waals surface area contributed by atoms with Crippen molar-refractivity contribution in [2.45, 2.75) is 65.6 Å². The van der Waals surface area contributed by atoms with E-state index in [1.165, 1.54) is 0 Å².